The van der Waals surface area contributed by atoms with Gasteiger partial charge in [0.1, 0.15) is 0 Å². The summed E-state index contributed by atoms with van der Waals surface area (Å²) >= 11 is 1.47. The fraction of sp³-hybridized carbons (Fsp3) is 0.0909. The summed E-state index contributed by atoms with van der Waals surface area (Å²) < 4.78 is 1.93. The largest absolute Gasteiger partial charge is 0.368 e. The van der Waals surface area contributed by atoms with Crippen LogP contribution in [0.15, 0.2) is 40.7 Å². The summed E-state index contributed by atoms with van der Waals surface area (Å²) in [7, 11) is 1.92. The Morgan fingerprint density at radius 3 is 2.69 bits per heavy atom. The van der Waals surface area contributed by atoms with Crippen LogP contribution in [0.2, 0.25) is 0 Å². The molecule has 0 radical (unpaired) electrons. The Kier molecular flexibility index (Phi) is 2.87. The fourth-order valence-corrected chi connectivity index (χ4v) is 2.36. The maximum Gasteiger partial charge on any atom is 0.215 e. The summed E-state index contributed by atoms with van der Waals surface area (Å²) in [5.74, 6) is -0.169. The summed E-state index contributed by atoms with van der Waals surface area (Å²) in [5.41, 5.74) is 7.46. The van der Waals surface area contributed by atoms with Crippen LogP contribution in [0.3, 0.4) is 0 Å². The van der Waals surface area contributed by atoms with Crippen LogP contribution in [0.4, 0.5) is 0 Å². The Balaban J connectivity index is 2.54. The molecule has 0 aliphatic heterocycles. The normalized spacial score (nSPS) is 11.7. The molecule has 0 aliphatic rings. The molecule has 0 aliphatic carbocycles. The van der Waals surface area contributed by atoms with Gasteiger partial charge in [-0.25, -0.2) is 0 Å². The van der Waals surface area contributed by atoms with Gasteiger partial charge < -0.3 is 10.3 Å². The lowest BCUT2D eigenvalue weighted by Crippen LogP contribution is -2.17. The number of benzene rings is 1. The maximum atomic E-state index is 7.15. The highest BCUT2D eigenvalue weighted by atomic mass is 32.1. The van der Waals surface area contributed by atoms with Crippen molar-refractivity contribution in [3.05, 3.63) is 40.5 Å². The van der Waals surface area contributed by atoms with E-state index in [2.05, 4.69) is 4.99 Å². The van der Waals surface area contributed by atoms with E-state index in [9.17, 15) is 0 Å². The fourth-order valence-electron chi connectivity index (χ4n) is 1.44. The van der Waals surface area contributed by atoms with E-state index in [4.69, 9.17) is 11.1 Å². The Morgan fingerprint density at radius 2 is 2.06 bits per heavy atom. The first-order valence-electron chi connectivity index (χ1n) is 4.77. The van der Waals surface area contributed by atoms with E-state index in [1.807, 2.05) is 47.3 Å². The van der Waals surface area contributed by atoms with Gasteiger partial charge >= 0.3 is 0 Å². The minimum atomic E-state index is -0.169. The van der Waals surface area contributed by atoms with Crippen molar-refractivity contribution in [1.82, 2.24) is 4.57 Å². The zero-order valence-electron chi connectivity index (χ0n) is 8.84. The highest BCUT2D eigenvalue weighted by Crippen LogP contribution is 2.18. The van der Waals surface area contributed by atoms with Gasteiger partial charge in [-0.2, -0.15) is 4.99 Å². The predicted molar refractivity (Wildman–Crippen MR) is 66.2 cm³/mol. The Hall–Kier alpha value is -1.88. The number of guanidine groups is 1. The number of nitrogens with two attached hydrogens (primary N) is 1. The molecule has 16 heavy (non-hydrogen) atoms. The molecule has 0 saturated heterocycles. The van der Waals surface area contributed by atoms with Gasteiger partial charge in [0.15, 0.2) is 4.80 Å². The van der Waals surface area contributed by atoms with Gasteiger partial charge in [-0.1, -0.05) is 30.3 Å². The van der Waals surface area contributed by atoms with Crippen molar-refractivity contribution in [3.63, 3.8) is 0 Å². The smallest absolute Gasteiger partial charge is 0.215 e. The van der Waals surface area contributed by atoms with Crippen LogP contribution in [0.25, 0.3) is 11.3 Å². The highest BCUT2D eigenvalue weighted by Gasteiger charge is 2.03. The number of hydrogen-bond donors (Lipinski definition) is 2. The van der Waals surface area contributed by atoms with E-state index in [1.165, 1.54) is 11.3 Å². The summed E-state index contributed by atoms with van der Waals surface area (Å²) in [6.07, 6.45) is 0. The van der Waals surface area contributed by atoms with Crippen molar-refractivity contribution in [1.29, 1.82) is 5.41 Å². The lowest BCUT2D eigenvalue weighted by atomic mass is 10.2. The summed E-state index contributed by atoms with van der Waals surface area (Å²) in [6.45, 7) is 0. The quantitative estimate of drug-likeness (QED) is 0.568. The van der Waals surface area contributed by atoms with E-state index < -0.39 is 0 Å². The van der Waals surface area contributed by atoms with Crippen molar-refractivity contribution < 1.29 is 0 Å². The lowest BCUT2D eigenvalue weighted by Gasteiger charge is -2.01. The molecule has 82 valence electrons. The van der Waals surface area contributed by atoms with Crippen LogP contribution in [0.5, 0.6) is 0 Å². The first-order valence-corrected chi connectivity index (χ1v) is 5.65. The molecule has 0 spiro atoms. The minimum absolute atomic E-state index is 0.169. The number of aromatic nitrogens is 1. The van der Waals surface area contributed by atoms with E-state index >= 15 is 0 Å². The molecule has 0 bridgehead atoms. The van der Waals surface area contributed by atoms with Crippen molar-refractivity contribution >= 4 is 17.3 Å². The molecule has 0 amide bonds. The molecule has 0 unspecified atom stereocenters. The molecule has 4 nitrogen and oxygen atoms in total. The van der Waals surface area contributed by atoms with Crippen LogP contribution in [-0.4, -0.2) is 10.5 Å². The second-order valence-electron chi connectivity index (χ2n) is 3.33. The van der Waals surface area contributed by atoms with Crippen molar-refractivity contribution in [2.24, 2.45) is 17.8 Å². The third kappa shape index (κ3) is 2.04. The number of hydrogen-bond acceptors (Lipinski definition) is 2. The van der Waals surface area contributed by atoms with Crippen LogP contribution >= 0.6 is 11.3 Å². The van der Waals surface area contributed by atoms with E-state index in [0.717, 1.165) is 16.1 Å². The summed E-state index contributed by atoms with van der Waals surface area (Å²) in [4.78, 5) is 4.68. The van der Waals surface area contributed by atoms with Crippen LogP contribution in [0, 0.1) is 5.41 Å². The highest BCUT2D eigenvalue weighted by molar-refractivity contribution is 7.07. The Bertz CT molecular complexity index is 565. The zero-order chi connectivity index (χ0) is 11.5. The van der Waals surface area contributed by atoms with Gasteiger partial charge in [-0.3, -0.25) is 5.41 Å². The van der Waals surface area contributed by atoms with Gasteiger partial charge in [0.05, 0.1) is 5.69 Å². The molecule has 2 aromatic rings. The first-order chi connectivity index (χ1) is 7.68. The maximum absolute atomic E-state index is 7.15. The third-order valence-electron chi connectivity index (χ3n) is 2.21. The molecule has 0 fully saturated rings. The van der Waals surface area contributed by atoms with Crippen LogP contribution in [0.1, 0.15) is 0 Å². The van der Waals surface area contributed by atoms with E-state index in [1.54, 1.807) is 0 Å². The average Bonchev–Trinajstić information content (AvgIpc) is 2.61. The predicted octanol–water partition coefficient (Wildman–Crippen LogP) is 1.55. The van der Waals surface area contributed by atoms with Gasteiger partial charge in [0.25, 0.3) is 0 Å². The molecule has 0 atom stereocenters. The second kappa shape index (κ2) is 4.32. The number of thiazole rings is 1. The van der Waals surface area contributed by atoms with Gasteiger partial charge in [0.2, 0.25) is 5.96 Å². The molecule has 1 heterocycles. The second-order valence-corrected chi connectivity index (χ2v) is 4.16. The van der Waals surface area contributed by atoms with Crippen molar-refractivity contribution in [3.8, 4) is 11.3 Å². The molecule has 1 aromatic heterocycles. The average molecular weight is 232 g/mol. The van der Waals surface area contributed by atoms with E-state index in [0.29, 0.717) is 0 Å². The molecule has 2 rings (SSSR count). The van der Waals surface area contributed by atoms with Crippen molar-refractivity contribution in [2.45, 2.75) is 0 Å². The van der Waals surface area contributed by atoms with E-state index in [-0.39, 0.29) is 5.96 Å². The Morgan fingerprint density at radius 1 is 1.38 bits per heavy atom. The summed E-state index contributed by atoms with van der Waals surface area (Å²) in [6, 6.07) is 10.1. The van der Waals surface area contributed by atoms with Gasteiger partial charge in [-0.05, 0) is 5.56 Å². The van der Waals surface area contributed by atoms with Gasteiger partial charge in [-0.15, -0.1) is 11.3 Å². The molecular formula is C11H12N4S. The lowest BCUT2D eigenvalue weighted by molar-refractivity contribution is 0.885. The zero-order valence-corrected chi connectivity index (χ0v) is 9.66. The number of nitrogens with zero attached hydrogens (tertiary/aromatic N) is 2. The third-order valence-corrected chi connectivity index (χ3v) is 3.13. The molecule has 0 saturated carbocycles. The Labute approximate surface area is 97.2 Å². The van der Waals surface area contributed by atoms with Crippen LogP contribution in [-0.2, 0) is 7.05 Å². The number of rotatable bonds is 1. The van der Waals surface area contributed by atoms with Gasteiger partial charge in [0, 0.05) is 12.4 Å². The summed E-state index contributed by atoms with van der Waals surface area (Å²) in [5, 5.41) is 9.16. The topological polar surface area (TPSA) is 67.2 Å². The SMILES string of the molecule is Cn1c(-c2ccccc2)csc1=NC(=N)N. The number of nitrogens with one attached hydrogen (secondary N) is 1. The molecule has 1 aromatic carbocycles. The molecule has 5 heteroatoms. The molecule has 3 N–H and O–H groups in total. The standard InChI is InChI=1S/C11H12N4S/c1-15-9(8-5-3-2-4-6-8)7-16-11(15)14-10(12)13/h2-7H,1H3,(H3,12,13). The molecular weight excluding hydrogens is 220 g/mol. The first kappa shape index (κ1) is 10.6. The minimum Gasteiger partial charge on any atom is -0.368 e. The monoisotopic (exact) mass is 232 g/mol. The van der Waals surface area contributed by atoms with Crippen LogP contribution < -0.4 is 10.5 Å². The van der Waals surface area contributed by atoms with Crippen molar-refractivity contribution in [2.75, 3.05) is 0 Å².